The van der Waals surface area contributed by atoms with E-state index in [1.54, 1.807) is 6.92 Å². The van der Waals surface area contributed by atoms with Crippen LogP contribution >= 0.6 is 0 Å². The molecule has 4 atom stereocenters. The van der Waals surface area contributed by atoms with Crippen LogP contribution in [0.4, 0.5) is 23.4 Å². The fraction of sp³-hybridized carbons (Fsp3) is 0.441. The van der Waals surface area contributed by atoms with E-state index in [0.717, 1.165) is 44.4 Å². The van der Waals surface area contributed by atoms with Gasteiger partial charge in [0.05, 0.1) is 10.9 Å². The molecule has 46 heavy (non-hydrogen) atoms. The van der Waals surface area contributed by atoms with Crippen LogP contribution in [-0.2, 0) is 0 Å². The number of aromatic nitrogens is 3. The number of piperazine rings is 1. The lowest BCUT2D eigenvalue weighted by Gasteiger charge is -2.35. The van der Waals surface area contributed by atoms with E-state index in [0.29, 0.717) is 31.9 Å². The van der Waals surface area contributed by atoms with Crippen molar-refractivity contribution >= 4 is 27.5 Å². The minimum atomic E-state index is -1.19. The maximum Gasteiger partial charge on any atom is 0.319 e. The first-order chi connectivity index (χ1) is 22.2. The van der Waals surface area contributed by atoms with E-state index in [2.05, 4.69) is 36.9 Å². The van der Waals surface area contributed by atoms with Gasteiger partial charge in [0.1, 0.15) is 41.3 Å². The third-order valence-corrected chi connectivity index (χ3v) is 9.98. The molecule has 0 saturated carbocycles. The number of halogens is 4. The molecule has 6 heterocycles. The monoisotopic (exact) mass is 632 g/mol. The van der Waals surface area contributed by atoms with Crippen LogP contribution in [0, 0.1) is 29.3 Å². The van der Waals surface area contributed by atoms with Crippen molar-refractivity contribution < 1.29 is 27.4 Å². The summed E-state index contributed by atoms with van der Waals surface area (Å²) in [5, 5.41) is 14.3. The Hall–Kier alpha value is -4.21. The van der Waals surface area contributed by atoms with Crippen molar-refractivity contribution in [1.29, 1.82) is 0 Å². The van der Waals surface area contributed by atoms with Crippen molar-refractivity contribution in [3.63, 3.8) is 0 Å². The Morgan fingerprint density at radius 3 is 2.63 bits per heavy atom. The molecule has 238 valence electrons. The van der Waals surface area contributed by atoms with Crippen molar-refractivity contribution in [2.24, 2.45) is 0 Å². The van der Waals surface area contributed by atoms with Crippen LogP contribution in [0.2, 0.25) is 0 Å². The topological polar surface area (TPSA) is 86.6 Å². The number of nitrogens with one attached hydrogen (secondary N) is 1. The maximum atomic E-state index is 16.9. The van der Waals surface area contributed by atoms with Gasteiger partial charge in [0.25, 0.3) is 0 Å². The predicted molar refractivity (Wildman–Crippen MR) is 165 cm³/mol. The highest BCUT2D eigenvalue weighted by molar-refractivity contribution is 6.02. The van der Waals surface area contributed by atoms with Gasteiger partial charge in [0, 0.05) is 49.1 Å². The number of hydrogen-bond donors (Lipinski definition) is 2. The molecule has 0 spiro atoms. The molecule has 8 rings (SSSR count). The molecule has 0 amide bonds. The molecular formula is C34H32F4N6O2. The van der Waals surface area contributed by atoms with E-state index in [1.165, 1.54) is 12.1 Å². The number of benzene rings is 2. The molecule has 8 nitrogen and oxygen atoms in total. The molecule has 0 radical (unpaired) electrons. The number of phenols is 1. The van der Waals surface area contributed by atoms with Crippen LogP contribution < -0.4 is 15.0 Å². The molecule has 4 aliphatic rings. The predicted octanol–water partition coefficient (Wildman–Crippen LogP) is 5.24. The summed E-state index contributed by atoms with van der Waals surface area (Å²) in [6, 6.07) is 5.07. The van der Waals surface area contributed by atoms with Gasteiger partial charge in [-0.3, -0.25) is 4.90 Å². The molecule has 2 N–H and O–H groups in total. The summed E-state index contributed by atoms with van der Waals surface area (Å²) in [6.07, 6.45) is 3.11. The Bertz CT molecular complexity index is 1950. The Morgan fingerprint density at radius 1 is 1.04 bits per heavy atom. The van der Waals surface area contributed by atoms with Crippen LogP contribution in [0.5, 0.6) is 11.8 Å². The summed E-state index contributed by atoms with van der Waals surface area (Å²) < 4.78 is 67.4. The lowest BCUT2D eigenvalue weighted by Crippen LogP contribution is -2.51. The molecule has 4 aromatic rings. The van der Waals surface area contributed by atoms with E-state index in [4.69, 9.17) is 9.72 Å². The largest absolute Gasteiger partial charge is 0.508 e. The number of phenolic OH excluding ortho intramolecular Hbond substituents is 1. The van der Waals surface area contributed by atoms with Gasteiger partial charge in [-0.1, -0.05) is 12.0 Å². The lowest BCUT2D eigenvalue weighted by molar-refractivity contribution is 0.107. The molecule has 0 aliphatic carbocycles. The highest BCUT2D eigenvalue weighted by Gasteiger charge is 2.49. The highest BCUT2D eigenvalue weighted by Crippen LogP contribution is 2.42. The van der Waals surface area contributed by atoms with Gasteiger partial charge in [-0.2, -0.15) is 9.97 Å². The van der Waals surface area contributed by atoms with Gasteiger partial charge < -0.3 is 20.1 Å². The third kappa shape index (κ3) is 4.71. The molecule has 2 bridgehead atoms. The molecule has 2 aromatic carbocycles. The van der Waals surface area contributed by atoms with Crippen molar-refractivity contribution in [3.8, 4) is 34.9 Å². The van der Waals surface area contributed by atoms with Gasteiger partial charge >= 0.3 is 6.01 Å². The number of fused-ring (bicyclic) bond motifs is 5. The third-order valence-electron chi connectivity index (χ3n) is 9.98. The minimum Gasteiger partial charge on any atom is -0.508 e. The quantitative estimate of drug-likeness (QED) is 0.229. The average Bonchev–Trinajstić information content (AvgIpc) is 3.68. The van der Waals surface area contributed by atoms with Gasteiger partial charge in [-0.15, -0.1) is 0 Å². The Morgan fingerprint density at radius 2 is 1.85 bits per heavy atom. The highest BCUT2D eigenvalue weighted by atomic mass is 19.2. The molecule has 4 saturated heterocycles. The van der Waals surface area contributed by atoms with Crippen LogP contribution in [0.1, 0.15) is 44.7 Å². The Kier molecular flexibility index (Phi) is 6.95. The van der Waals surface area contributed by atoms with E-state index >= 15 is 8.78 Å². The van der Waals surface area contributed by atoms with E-state index in [1.807, 2.05) is 0 Å². The molecule has 4 aliphatic heterocycles. The smallest absolute Gasteiger partial charge is 0.319 e. The number of aromatic hydroxyl groups is 1. The molecule has 12 heteroatoms. The fourth-order valence-corrected chi connectivity index (χ4v) is 8.00. The van der Waals surface area contributed by atoms with Gasteiger partial charge in [0.2, 0.25) is 0 Å². The number of anilines is 1. The zero-order valence-corrected chi connectivity index (χ0v) is 25.2. The first-order valence-corrected chi connectivity index (χ1v) is 15.7. The minimum absolute atomic E-state index is 0.0682. The van der Waals surface area contributed by atoms with Crippen molar-refractivity contribution in [2.45, 2.75) is 62.8 Å². The zero-order chi connectivity index (χ0) is 31.7. The second-order valence-corrected chi connectivity index (χ2v) is 12.9. The van der Waals surface area contributed by atoms with Gasteiger partial charge in [-0.05, 0) is 68.7 Å². The molecule has 4 fully saturated rings. The first-order valence-electron chi connectivity index (χ1n) is 15.7. The first kappa shape index (κ1) is 29.2. The molecule has 0 unspecified atom stereocenters. The van der Waals surface area contributed by atoms with Crippen LogP contribution in [0.15, 0.2) is 24.3 Å². The van der Waals surface area contributed by atoms with E-state index in [9.17, 15) is 13.9 Å². The fourth-order valence-electron chi connectivity index (χ4n) is 8.00. The van der Waals surface area contributed by atoms with Crippen LogP contribution in [0.3, 0.4) is 0 Å². The molecular weight excluding hydrogens is 600 g/mol. The van der Waals surface area contributed by atoms with E-state index in [-0.39, 0.29) is 69.1 Å². The second-order valence-electron chi connectivity index (χ2n) is 12.9. The number of ether oxygens (including phenoxy) is 1. The second kappa shape index (κ2) is 11.0. The zero-order valence-electron chi connectivity index (χ0n) is 25.2. The van der Waals surface area contributed by atoms with Crippen LogP contribution in [0.25, 0.3) is 32.9 Å². The normalized spacial score (nSPS) is 25.7. The summed E-state index contributed by atoms with van der Waals surface area (Å²) in [6.45, 7) is 4.14. The molecule has 2 aromatic heterocycles. The number of rotatable bonds is 5. The van der Waals surface area contributed by atoms with Gasteiger partial charge in [0.15, 0.2) is 17.5 Å². The van der Waals surface area contributed by atoms with Crippen molar-refractivity contribution in [2.75, 3.05) is 37.7 Å². The van der Waals surface area contributed by atoms with Crippen molar-refractivity contribution in [1.82, 2.24) is 25.2 Å². The lowest BCUT2D eigenvalue weighted by atomic mass is 9.95. The summed E-state index contributed by atoms with van der Waals surface area (Å²) in [5.41, 5.74) is -0.949. The van der Waals surface area contributed by atoms with Gasteiger partial charge in [-0.25, -0.2) is 22.5 Å². The number of alkyl halides is 1. The average molecular weight is 633 g/mol. The van der Waals surface area contributed by atoms with Crippen LogP contribution in [-0.4, -0.2) is 81.5 Å². The summed E-state index contributed by atoms with van der Waals surface area (Å²) >= 11 is 0. The summed E-state index contributed by atoms with van der Waals surface area (Å²) in [7, 11) is 0. The van der Waals surface area contributed by atoms with E-state index < -0.39 is 29.2 Å². The standard InChI is InChI=1S/C34H32F4N6O2/c1-2-4-25-27-31(29(38)30(40-25)23-12-22(45)11-18-5-8-24(36)28(37)26(18)23)41-33(42-32(27)43-15-20-6-7-21(16-43)39-20)46-17-34-9-3-10-44(34)14-19(35)13-34/h5,8,11-12,19-21,39,45H,3,6-7,9-10,13-17H2,1H3/t19-,20-,21+,34+/m1/s1. The summed E-state index contributed by atoms with van der Waals surface area (Å²) in [4.78, 5) is 18.1. The Labute approximate surface area is 262 Å². The Balaban J connectivity index is 1.33. The van der Waals surface area contributed by atoms with Crippen molar-refractivity contribution in [3.05, 3.63) is 47.4 Å². The number of pyridine rings is 1. The summed E-state index contributed by atoms with van der Waals surface area (Å²) in [5.74, 6) is 2.71. The number of hydrogen-bond acceptors (Lipinski definition) is 8. The number of nitrogens with zero attached hydrogens (tertiary/aromatic N) is 5. The SMILES string of the molecule is CC#Cc1nc(-c2cc(O)cc3ccc(F)c(F)c23)c(F)c2nc(OC[C@@]34CCCN3C[C@H](F)C4)nc(N3C[C@H]4CC[C@@H](C3)N4)c12. The maximum absolute atomic E-state index is 16.9.